The van der Waals surface area contributed by atoms with Crippen LogP contribution in [0.4, 0.5) is 0 Å². The molecule has 0 saturated carbocycles. The molecule has 0 atom stereocenters. The van der Waals surface area contributed by atoms with Crippen molar-refractivity contribution in [2.45, 2.75) is 25.8 Å². The molecule has 7 heteroatoms. The zero-order chi connectivity index (χ0) is 16.5. The highest BCUT2D eigenvalue weighted by Crippen LogP contribution is 2.32. The number of aromatic nitrogens is 4. The summed E-state index contributed by atoms with van der Waals surface area (Å²) in [6, 6.07) is 3.79. The highest BCUT2D eigenvalue weighted by Gasteiger charge is 2.19. The van der Waals surface area contributed by atoms with Gasteiger partial charge in [-0.1, -0.05) is 0 Å². The zero-order valence-corrected chi connectivity index (χ0v) is 14.1. The van der Waals surface area contributed by atoms with Crippen molar-refractivity contribution >= 4 is 16.6 Å². The van der Waals surface area contributed by atoms with Crippen molar-refractivity contribution in [1.82, 2.24) is 19.6 Å². The van der Waals surface area contributed by atoms with E-state index >= 15 is 0 Å². The SMILES string of the molecule is COc1cc2ncn3c(C[NH+]4CCCCC4)nnc3c2cc1OC. The number of quaternary nitrogens is 1. The van der Waals surface area contributed by atoms with E-state index < -0.39 is 0 Å². The molecule has 0 unspecified atom stereocenters. The van der Waals surface area contributed by atoms with Gasteiger partial charge in [-0.3, -0.25) is 4.40 Å². The van der Waals surface area contributed by atoms with Gasteiger partial charge in [0.05, 0.1) is 32.8 Å². The Bertz CT molecular complexity index is 870. The molecular formula is C17H22N5O2+. The van der Waals surface area contributed by atoms with Gasteiger partial charge < -0.3 is 14.4 Å². The van der Waals surface area contributed by atoms with Crippen LogP contribution in [0, 0.1) is 0 Å². The summed E-state index contributed by atoms with van der Waals surface area (Å²) in [6.07, 6.45) is 5.74. The summed E-state index contributed by atoms with van der Waals surface area (Å²) in [6.45, 7) is 3.31. The maximum absolute atomic E-state index is 5.41. The lowest BCUT2D eigenvalue weighted by atomic mass is 10.1. The van der Waals surface area contributed by atoms with E-state index in [0.29, 0.717) is 11.5 Å². The fourth-order valence-electron chi connectivity index (χ4n) is 3.48. The Morgan fingerprint density at radius 2 is 1.79 bits per heavy atom. The Hall–Kier alpha value is -2.41. The Balaban J connectivity index is 1.78. The number of methoxy groups -OCH3 is 2. The van der Waals surface area contributed by atoms with Crippen molar-refractivity contribution in [3.05, 3.63) is 24.3 Å². The first-order valence-corrected chi connectivity index (χ1v) is 8.38. The molecule has 0 spiro atoms. The van der Waals surface area contributed by atoms with E-state index in [1.54, 1.807) is 19.1 Å². The van der Waals surface area contributed by atoms with E-state index in [-0.39, 0.29) is 0 Å². The normalized spacial score (nSPS) is 15.9. The monoisotopic (exact) mass is 328 g/mol. The number of likely N-dealkylation sites (tertiary alicyclic amines) is 1. The minimum Gasteiger partial charge on any atom is -0.493 e. The second-order valence-corrected chi connectivity index (χ2v) is 6.27. The molecule has 1 N–H and O–H groups in total. The first kappa shape index (κ1) is 15.1. The molecule has 0 amide bonds. The van der Waals surface area contributed by atoms with Crippen LogP contribution in [0.25, 0.3) is 16.6 Å². The van der Waals surface area contributed by atoms with E-state index in [9.17, 15) is 0 Å². The molecule has 3 heterocycles. The number of nitrogens with one attached hydrogen (secondary N) is 1. The van der Waals surface area contributed by atoms with Gasteiger partial charge in [0.2, 0.25) is 0 Å². The number of hydrogen-bond donors (Lipinski definition) is 1. The summed E-state index contributed by atoms with van der Waals surface area (Å²) in [5, 5.41) is 9.74. The quantitative estimate of drug-likeness (QED) is 0.770. The molecule has 1 aromatic carbocycles. The van der Waals surface area contributed by atoms with Crippen molar-refractivity contribution in [2.24, 2.45) is 0 Å². The second-order valence-electron chi connectivity index (χ2n) is 6.27. The highest BCUT2D eigenvalue weighted by atomic mass is 16.5. The van der Waals surface area contributed by atoms with Crippen LogP contribution in [0.5, 0.6) is 11.5 Å². The molecule has 1 aliphatic heterocycles. The van der Waals surface area contributed by atoms with Gasteiger partial charge >= 0.3 is 0 Å². The third-order valence-electron chi connectivity index (χ3n) is 4.79. The molecule has 0 radical (unpaired) electrons. The van der Waals surface area contributed by atoms with Gasteiger partial charge in [-0.05, 0) is 25.3 Å². The molecule has 2 aromatic heterocycles. The van der Waals surface area contributed by atoms with E-state index in [4.69, 9.17) is 9.47 Å². The maximum atomic E-state index is 5.41. The van der Waals surface area contributed by atoms with Crippen molar-refractivity contribution in [1.29, 1.82) is 0 Å². The summed E-state index contributed by atoms with van der Waals surface area (Å²) < 4.78 is 12.8. The van der Waals surface area contributed by atoms with Gasteiger partial charge in [0.1, 0.15) is 12.9 Å². The Morgan fingerprint density at radius 3 is 2.54 bits per heavy atom. The lowest BCUT2D eigenvalue weighted by Crippen LogP contribution is -3.11. The van der Waals surface area contributed by atoms with E-state index in [1.807, 2.05) is 22.9 Å². The Morgan fingerprint density at radius 1 is 1.04 bits per heavy atom. The van der Waals surface area contributed by atoms with Gasteiger partial charge in [-0.15, -0.1) is 10.2 Å². The molecule has 3 aromatic rings. The first-order chi connectivity index (χ1) is 11.8. The smallest absolute Gasteiger partial charge is 0.193 e. The van der Waals surface area contributed by atoms with E-state index in [0.717, 1.165) is 28.9 Å². The van der Waals surface area contributed by atoms with Crippen LogP contribution in [0.2, 0.25) is 0 Å². The van der Waals surface area contributed by atoms with Crippen molar-refractivity contribution in [3.8, 4) is 11.5 Å². The number of nitrogens with zero attached hydrogens (tertiary/aromatic N) is 4. The predicted octanol–water partition coefficient (Wildman–Crippen LogP) is 0.863. The molecular weight excluding hydrogens is 306 g/mol. The van der Waals surface area contributed by atoms with Crippen LogP contribution in [-0.2, 0) is 6.54 Å². The molecule has 7 nitrogen and oxygen atoms in total. The predicted molar refractivity (Wildman–Crippen MR) is 89.6 cm³/mol. The van der Waals surface area contributed by atoms with Crippen LogP contribution in [0.15, 0.2) is 18.5 Å². The van der Waals surface area contributed by atoms with Crippen molar-refractivity contribution < 1.29 is 14.4 Å². The lowest BCUT2D eigenvalue weighted by molar-refractivity contribution is -0.919. The molecule has 24 heavy (non-hydrogen) atoms. The number of fused-ring (bicyclic) bond motifs is 3. The topological polar surface area (TPSA) is 66.0 Å². The van der Waals surface area contributed by atoms with E-state index in [2.05, 4.69) is 15.2 Å². The third-order valence-corrected chi connectivity index (χ3v) is 4.79. The Kier molecular flexibility index (Phi) is 3.93. The summed E-state index contributed by atoms with van der Waals surface area (Å²) in [4.78, 5) is 6.13. The average molecular weight is 328 g/mol. The summed E-state index contributed by atoms with van der Waals surface area (Å²) in [5.74, 6) is 2.30. The van der Waals surface area contributed by atoms with Crippen LogP contribution in [0.3, 0.4) is 0 Å². The van der Waals surface area contributed by atoms with Gasteiger partial charge in [0.25, 0.3) is 0 Å². The van der Waals surface area contributed by atoms with Gasteiger partial charge in [-0.25, -0.2) is 4.98 Å². The molecule has 126 valence electrons. The summed E-state index contributed by atoms with van der Waals surface area (Å²) >= 11 is 0. The zero-order valence-electron chi connectivity index (χ0n) is 14.1. The Labute approximate surface area is 140 Å². The molecule has 0 aliphatic carbocycles. The minimum atomic E-state index is 0.666. The van der Waals surface area contributed by atoms with Gasteiger partial charge in [0.15, 0.2) is 23.0 Å². The number of benzene rings is 1. The maximum Gasteiger partial charge on any atom is 0.193 e. The molecule has 1 aliphatic rings. The van der Waals surface area contributed by atoms with Crippen molar-refractivity contribution in [2.75, 3.05) is 27.3 Å². The molecule has 1 fully saturated rings. The molecule has 0 bridgehead atoms. The van der Waals surface area contributed by atoms with Crippen LogP contribution >= 0.6 is 0 Å². The van der Waals surface area contributed by atoms with Crippen molar-refractivity contribution in [3.63, 3.8) is 0 Å². The number of ether oxygens (including phenoxy) is 2. The number of rotatable bonds is 4. The fraction of sp³-hybridized carbons (Fsp3) is 0.471. The van der Waals surface area contributed by atoms with Gasteiger partial charge in [-0.2, -0.15) is 0 Å². The van der Waals surface area contributed by atoms with E-state index in [1.165, 1.54) is 32.4 Å². The summed E-state index contributed by atoms with van der Waals surface area (Å²) in [7, 11) is 3.25. The standard InChI is InChI=1S/C17H21N5O2/c1-23-14-8-12-13(9-15(14)24-2)18-11-22-16(19-20-17(12)22)10-21-6-4-3-5-7-21/h8-9,11H,3-7,10H2,1-2H3/p+1. The number of hydrogen-bond acceptors (Lipinski definition) is 5. The lowest BCUT2D eigenvalue weighted by Gasteiger charge is -2.22. The average Bonchev–Trinajstić information content (AvgIpc) is 3.04. The van der Waals surface area contributed by atoms with Crippen LogP contribution < -0.4 is 14.4 Å². The van der Waals surface area contributed by atoms with Crippen LogP contribution in [-0.4, -0.2) is 46.9 Å². The largest absolute Gasteiger partial charge is 0.493 e. The van der Waals surface area contributed by atoms with Crippen LogP contribution in [0.1, 0.15) is 25.1 Å². The minimum absolute atomic E-state index is 0.666. The highest BCUT2D eigenvalue weighted by molar-refractivity contribution is 5.93. The molecule has 4 rings (SSSR count). The summed E-state index contributed by atoms with van der Waals surface area (Å²) in [5.41, 5.74) is 1.64. The number of piperidine rings is 1. The molecule has 1 saturated heterocycles. The third kappa shape index (κ3) is 2.54. The second kappa shape index (κ2) is 6.24. The first-order valence-electron chi connectivity index (χ1n) is 8.38. The van der Waals surface area contributed by atoms with Gasteiger partial charge in [0, 0.05) is 11.5 Å². The fourth-order valence-corrected chi connectivity index (χ4v) is 3.48.